The minimum Gasteiger partial charge on any atom is -0.372 e. The number of halogens is 10. The fraction of sp³-hybridized carbons (Fsp3) is 0.238. The van der Waals surface area contributed by atoms with E-state index in [1.165, 1.54) is 5.32 Å². The Morgan fingerprint density at radius 2 is 1.03 bits per heavy atom. The molecule has 0 saturated carbocycles. The SMILES string of the molecule is C=C(C[C@@H](C(C)=O)[C@H](Nc1c(F)c(F)c(F)c(F)c1F)c1c(F)c(F)c(F)c(F)c1F)C(C)=O. The molecule has 0 unspecified atom stereocenters. The van der Waals surface area contributed by atoms with E-state index in [1.54, 1.807) is 0 Å². The van der Waals surface area contributed by atoms with Gasteiger partial charge >= 0.3 is 0 Å². The number of benzene rings is 2. The van der Waals surface area contributed by atoms with Crippen molar-refractivity contribution < 1.29 is 53.5 Å². The zero-order valence-corrected chi connectivity index (χ0v) is 17.2. The standard InChI is InChI=1S/C21H13F10NO2/c1-5(6(2)33)4-8(7(3)34)20(9-10(22)12(24)14(26)13(25)11(9)23)32-21-18(30)16(28)15(27)17(29)19(21)31/h8,20,32H,1,4H2,2-3H3/t8-,20-/m0/s1. The van der Waals surface area contributed by atoms with Crippen molar-refractivity contribution >= 4 is 17.3 Å². The van der Waals surface area contributed by atoms with E-state index in [1.807, 2.05) is 0 Å². The van der Waals surface area contributed by atoms with Crippen LogP contribution in [0.5, 0.6) is 0 Å². The quantitative estimate of drug-likeness (QED) is 0.210. The number of carbonyl (C=O) groups is 2. The molecule has 0 saturated heterocycles. The van der Waals surface area contributed by atoms with Crippen LogP contribution in [0.2, 0.25) is 0 Å². The molecule has 0 aliphatic heterocycles. The zero-order valence-electron chi connectivity index (χ0n) is 17.2. The van der Waals surface area contributed by atoms with E-state index >= 15 is 0 Å². The van der Waals surface area contributed by atoms with Crippen LogP contribution in [0.3, 0.4) is 0 Å². The van der Waals surface area contributed by atoms with Gasteiger partial charge in [0.05, 0.1) is 11.6 Å². The molecule has 3 nitrogen and oxygen atoms in total. The normalized spacial score (nSPS) is 12.9. The molecule has 2 atom stereocenters. The van der Waals surface area contributed by atoms with Crippen molar-refractivity contribution in [2.45, 2.75) is 26.3 Å². The lowest BCUT2D eigenvalue weighted by Gasteiger charge is -2.29. The van der Waals surface area contributed by atoms with Crippen LogP contribution in [0.25, 0.3) is 0 Å². The minimum atomic E-state index is -2.61. The van der Waals surface area contributed by atoms with E-state index in [-0.39, 0.29) is 0 Å². The Balaban J connectivity index is 2.89. The van der Waals surface area contributed by atoms with Crippen molar-refractivity contribution in [2.24, 2.45) is 5.92 Å². The van der Waals surface area contributed by atoms with E-state index in [2.05, 4.69) is 6.58 Å². The van der Waals surface area contributed by atoms with Crippen LogP contribution in [0.4, 0.5) is 49.6 Å². The van der Waals surface area contributed by atoms with Crippen molar-refractivity contribution in [1.29, 1.82) is 0 Å². The van der Waals surface area contributed by atoms with Crippen LogP contribution in [-0.2, 0) is 9.59 Å². The molecule has 2 rings (SSSR count). The first-order valence-electron chi connectivity index (χ1n) is 9.11. The monoisotopic (exact) mass is 501 g/mol. The maximum Gasteiger partial charge on any atom is 0.200 e. The average molecular weight is 501 g/mol. The van der Waals surface area contributed by atoms with Crippen molar-refractivity contribution in [3.63, 3.8) is 0 Å². The molecule has 0 heterocycles. The highest BCUT2D eigenvalue weighted by Gasteiger charge is 2.39. The van der Waals surface area contributed by atoms with Gasteiger partial charge in [-0.1, -0.05) is 6.58 Å². The second-order valence-electron chi connectivity index (χ2n) is 7.13. The topological polar surface area (TPSA) is 46.2 Å². The van der Waals surface area contributed by atoms with E-state index in [0.29, 0.717) is 0 Å². The molecule has 0 fully saturated rings. The lowest BCUT2D eigenvalue weighted by molar-refractivity contribution is -0.121. The summed E-state index contributed by atoms with van der Waals surface area (Å²) >= 11 is 0. The van der Waals surface area contributed by atoms with Crippen LogP contribution >= 0.6 is 0 Å². The second-order valence-corrected chi connectivity index (χ2v) is 7.13. The Morgan fingerprint density at radius 1 is 0.676 bits per heavy atom. The van der Waals surface area contributed by atoms with Gasteiger partial charge in [-0.3, -0.25) is 9.59 Å². The molecule has 0 spiro atoms. The molecule has 2 aromatic carbocycles. The number of carbonyl (C=O) groups excluding carboxylic acids is 2. The highest BCUT2D eigenvalue weighted by Crippen LogP contribution is 2.39. The Labute approximate surface area is 185 Å². The van der Waals surface area contributed by atoms with E-state index < -0.39 is 105 Å². The number of hydrogen-bond acceptors (Lipinski definition) is 3. The minimum absolute atomic E-state index is 0.409. The average Bonchev–Trinajstić information content (AvgIpc) is 2.78. The van der Waals surface area contributed by atoms with Crippen molar-refractivity contribution in [2.75, 3.05) is 5.32 Å². The van der Waals surface area contributed by atoms with Gasteiger partial charge in [0.1, 0.15) is 11.5 Å². The third-order valence-corrected chi connectivity index (χ3v) is 4.95. The van der Waals surface area contributed by atoms with Gasteiger partial charge < -0.3 is 5.32 Å². The molecule has 2 aromatic rings. The van der Waals surface area contributed by atoms with Gasteiger partial charge in [-0.15, -0.1) is 0 Å². The van der Waals surface area contributed by atoms with Gasteiger partial charge in [0.2, 0.25) is 11.6 Å². The molecular formula is C21H13F10NO2. The van der Waals surface area contributed by atoms with Gasteiger partial charge in [-0.25, -0.2) is 43.9 Å². The van der Waals surface area contributed by atoms with Crippen LogP contribution in [0, 0.1) is 64.1 Å². The van der Waals surface area contributed by atoms with Crippen LogP contribution < -0.4 is 5.32 Å². The zero-order chi connectivity index (χ0) is 26.2. The summed E-state index contributed by atoms with van der Waals surface area (Å²) in [6.07, 6.45) is -0.836. The molecule has 0 amide bonds. The first-order valence-corrected chi connectivity index (χ1v) is 9.11. The van der Waals surface area contributed by atoms with Gasteiger partial charge in [-0.05, 0) is 25.8 Å². The van der Waals surface area contributed by atoms with E-state index in [4.69, 9.17) is 0 Å². The molecule has 1 N–H and O–H groups in total. The van der Waals surface area contributed by atoms with Crippen molar-refractivity contribution in [3.8, 4) is 0 Å². The van der Waals surface area contributed by atoms with E-state index in [0.717, 1.165) is 13.8 Å². The molecule has 0 bridgehead atoms. The molecule has 13 heteroatoms. The Bertz CT molecular complexity index is 1150. The Kier molecular flexibility index (Phi) is 7.79. The molecule has 0 aliphatic rings. The summed E-state index contributed by atoms with van der Waals surface area (Å²) in [6.45, 7) is 4.97. The van der Waals surface area contributed by atoms with Gasteiger partial charge in [0, 0.05) is 5.92 Å². The maximum atomic E-state index is 14.5. The molecular weight excluding hydrogens is 488 g/mol. The fourth-order valence-corrected chi connectivity index (χ4v) is 3.06. The smallest absolute Gasteiger partial charge is 0.200 e. The number of nitrogens with one attached hydrogen (secondary N) is 1. The summed E-state index contributed by atoms with van der Waals surface area (Å²) in [5.41, 5.74) is -4.16. The molecule has 184 valence electrons. The van der Waals surface area contributed by atoms with Crippen molar-refractivity contribution in [3.05, 3.63) is 75.9 Å². The molecule has 34 heavy (non-hydrogen) atoms. The summed E-state index contributed by atoms with van der Waals surface area (Å²) in [7, 11) is 0. The number of allylic oxidation sites excluding steroid dienone is 1. The molecule has 0 aromatic heterocycles. The van der Waals surface area contributed by atoms with E-state index in [9.17, 15) is 53.5 Å². The lowest BCUT2D eigenvalue weighted by Crippen LogP contribution is -2.31. The highest BCUT2D eigenvalue weighted by atomic mass is 19.2. The third kappa shape index (κ3) is 4.64. The summed E-state index contributed by atoms with van der Waals surface area (Å²) < 4.78 is 139. The summed E-state index contributed by atoms with van der Waals surface area (Å²) in [6, 6.07) is -2.61. The molecule has 0 radical (unpaired) electrons. The number of rotatable bonds is 8. The Hall–Kier alpha value is -3.38. The first-order chi connectivity index (χ1) is 15.6. The highest BCUT2D eigenvalue weighted by molar-refractivity contribution is 5.93. The fourth-order valence-electron chi connectivity index (χ4n) is 3.06. The van der Waals surface area contributed by atoms with Crippen LogP contribution in [-0.4, -0.2) is 11.6 Å². The van der Waals surface area contributed by atoms with Crippen molar-refractivity contribution in [1.82, 2.24) is 0 Å². The number of hydrogen-bond donors (Lipinski definition) is 1. The molecule has 0 aliphatic carbocycles. The predicted molar refractivity (Wildman–Crippen MR) is 97.4 cm³/mol. The lowest BCUT2D eigenvalue weighted by atomic mass is 9.83. The first kappa shape index (κ1) is 26.9. The maximum absolute atomic E-state index is 14.5. The van der Waals surface area contributed by atoms with Gasteiger partial charge in [-0.2, -0.15) is 0 Å². The summed E-state index contributed by atoms with van der Waals surface area (Å²) in [5.74, 6) is -29.3. The largest absolute Gasteiger partial charge is 0.372 e. The second kappa shape index (κ2) is 9.85. The third-order valence-electron chi connectivity index (χ3n) is 4.95. The van der Waals surface area contributed by atoms with Crippen LogP contribution in [0.1, 0.15) is 31.9 Å². The summed E-state index contributed by atoms with van der Waals surface area (Å²) in [5, 5.41) is 1.52. The van der Waals surface area contributed by atoms with Gasteiger partial charge in [0.15, 0.2) is 52.3 Å². The predicted octanol–water partition coefficient (Wildman–Crippen LogP) is 5.97. The number of anilines is 1. The van der Waals surface area contributed by atoms with Crippen LogP contribution in [0.15, 0.2) is 12.2 Å². The number of Topliss-reactive ketones (excluding diaryl/α,β-unsaturated/α-hetero) is 2. The Morgan fingerprint density at radius 3 is 1.38 bits per heavy atom. The summed E-state index contributed by atoms with van der Waals surface area (Å²) in [4.78, 5) is 23.8. The number of ketones is 2. The van der Waals surface area contributed by atoms with Gasteiger partial charge in [0.25, 0.3) is 0 Å².